The highest BCUT2D eigenvalue weighted by molar-refractivity contribution is 6.23. The van der Waals surface area contributed by atoms with Crippen molar-refractivity contribution in [2.75, 3.05) is 0 Å². The second kappa shape index (κ2) is 7.66. The van der Waals surface area contributed by atoms with E-state index in [1.807, 2.05) is 0 Å². The fourth-order valence-corrected chi connectivity index (χ4v) is 4.56. The van der Waals surface area contributed by atoms with Crippen molar-refractivity contribution in [3.8, 4) is 0 Å². The van der Waals surface area contributed by atoms with Crippen molar-refractivity contribution < 1.29 is 0 Å². The summed E-state index contributed by atoms with van der Waals surface area (Å²) in [4.78, 5) is 0. The molecule has 0 bridgehead atoms. The molecule has 0 radical (unpaired) electrons. The minimum atomic E-state index is 1.23. The highest BCUT2D eigenvalue weighted by Crippen LogP contribution is 2.38. The topological polar surface area (TPSA) is 0 Å². The minimum absolute atomic E-state index is 1.23. The fourth-order valence-electron chi connectivity index (χ4n) is 4.56. The Hall–Kier alpha value is -2.08. The van der Waals surface area contributed by atoms with E-state index in [9.17, 15) is 0 Å². The fraction of sp³-hybridized carbons (Fsp3) is 0.385. The predicted octanol–water partition coefficient (Wildman–Crippen LogP) is 8.05. The molecule has 0 heterocycles. The van der Waals surface area contributed by atoms with E-state index in [-0.39, 0.29) is 0 Å². The molecule has 0 saturated heterocycles. The SMILES string of the molecule is CCCCCc1cc2ccc3cccc4ccc(c1CCCCC)c2c34. The molecule has 0 spiro atoms. The number of hydrogen-bond acceptors (Lipinski definition) is 0. The Balaban J connectivity index is 1.92. The minimum Gasteiger partial charge on any atom is -0.0654 e. The summed E-state index contributed by atoms with van der Waals surface area (Å²) < 4.78 is 0. The maximum atomic E-state index is 2.51. The highest BCUT2D eigenvalue weighted by Gasteiger charge is 2.14. The largest absolute Gasteiger partial charge is 0.0654 e. The first-order valence-corrected chi connectivity index (χ1v) is 10.5. The van der Waals surface area contributed by atoms with Gasteiger partial charge in [0, 0.05) is 0 Å². The van der Waals surface area contributed by atoms with E-state index < -0.39 is 0 Å². The first-order chi connectivity index (χ1) is 12.8. The summed E-state index contributed by atoms with van der Waals surface area (Å²) in [5, 5.41) is 8.63. The first-order valence-electron chi connectivity index (χ1n) is 10.5. The molecule has 4 rings (SSSR count). The molecule has 0 nitrogen and oxygen atoms in total. The molecule has 134 valence electrons. The van der Waals surface area contributed by atoms with E-state index in [0.717, 1.165) is 0 Å². The maximum Gasteiger partial charge on any atom is -0.00238 e. The molecule has 0 atom stereocenters. The molecule has 0 saturated carbocycles. The summed E-state index contributed by atoms with van der Waals surface area (Å²) in [5.74, 6) is 0. The summed E-state index contributed by atoms with van der Waals surface area (Å²) >= 11 is 0. The van der Waals surface area contributed by atoms with Crippen molar-refractivity contribution in [2.24, 2.45) is 0 Å². The van der Waals surface area contributed by atoms with Crippen molar-refractivity contribution in [2.45, 2.75) is 65.2 Å². The summed E-state index contributed by atoms with van der Waals surface area (Å²) in [6.07, 6.45) is 10.3. The van der Waals surface area contributed by atoms with Gasteiger partial charge < -0.3 is 0 Å². The molecule has 0 aliphatic heterocycles. The molecule has 4 aromatic carbocycles. The zero-order valence-corrected chi connectivity index (χ0v) is 16.3. The molecule has 0 heteroatoms. The lowest BCUT2D eigenvalue weighted by Crippen LogP contribution is -1.99. The van der Waals surface area contributed by atoms with Gasteiger partial charge in [0.15, 0.2) is 0 Å². The summed E-state index contributed by atoms with van der Waals surface area (Å²) in [6, 6.07) is 18.6. The van der Waals surface area contributed by atoms with Crippen LogP contribution in [0.25, 0.3) is 32.3 Å². The summed E-state index contributed by atoms with van der Waals surface area (Å²) in [5.41, 5.74) is 3.22. The third kappa shape index (κ3) is 3.07. The van der Waals surface area contributed by atoms with Crippen LogP contribution >= 0.6 is 0 Å². The van der Waals surface area contributed by atoms with Crippen LogP contribution in [-0.2, 0) is 12.8 Å². The molecule has 4 aromatic rings. The van der Waals surface area contributed by atoms with Gasteiger partial charge >= 0.3 is 0 Å². The second-order valence-electron chi connectivity index (χ2n) is 7.78. The molecule has 0 aliphatic rings. The van der Waals surface area contributed by atoms with Crippen LogP contribution in [0.1, 0.15) is 63.5 Å². The van der Waals surface area contributed by atoms with E-state index in [0.29, 0.717) is 0 Å². The zero-order chi connectivity index (χ0) is 17.9. The van der Waals surface area contributed by atoms with Crippen LogP contribution in [0.3, 0.4) is 0 Å². The lowest BCUT2D eigenvalue weighted by molar-refractivity contribution is 0.696. The van der Waals surface area contributed by atoms with Gasteiger partial charge in [0.05, 0.1) is 0 Å². The standard InChI is InChI=1S/C26H30/c1-3-5-7-10-21-18-22-15-14-19-11-9-12-20-16-17-24(26(22)25(19)20)23(21)13-8-6-4-2/h9,11-12,14-18H,3-8,10,13H2,1-2H3. The van der Waals surface area contributed by atoms with Gasteiger partial charge in [0.1, 0.15) is 0 Å². The number of unbranched alkanes of at least 4 members (excludes halogenated alkanes) is 4. The van der Waals surface area contributed by atoms with Crippen LogP contribution in [0.15, 0.2) is 48.5 Å². The lowest BCUT2D eigenvalue weighted by Gasteiger charge is -2.18. The van der Waals surface area contributed by atoms with Crippen molar-refractivity contribution in [3.05, 3.63) is 59.7 Å². The van der Waals surface area contributed by atoms with Gasteiger partial charge in [0.2, 0.25) is 0 Å². The Kier molecular flexibility index (Phi) is 5.11. The maximum absolute atomic E-state index is 2.51. The number of benzene rings is 4. The molecule has 0 unspecified atom stereocenters. The quantitative estimate of drug-likeness (QED) is 0.224. The van der Waals surface area contributed by atoms with Gasteiger partial charge in [-0.25, -0.2) is 0 Å². The Morgan fingerprint density at radius 3 is 2.00 bits per heavy atom. The van der Waals surface area contributed by atoms with Crippen molar-refractivity contribution in [1.82, 2.24) is 0 Å². The molecular formula is C26H30. The third-order valence-electron chi connectivity index (χ3n) is 5.93. The molecule has 0 N–H and O–H groups in total. The van der Waals surface area contributed by atoms with Crippen molar-refractivity contribution in [1.29, 1.82) is 0 Å². The molecule has 0 aromatic heterocycles. The van der Waals surface area contributed by atoms with E-state index in [2.05, 4.69) is 62.4 Å². The van der Waals surface area contributed by atoms with Crippen LogP contribution in [0.4, 0.5) is 0 Å². The predicted molar refractivity (Wildman–Crippen MR) is 117 cm³/mol. The molecule has 0 fully saturated rings. The van der Waals surface area contributed by atoms with Crippen LogP contribution in [-0.4, -0.2) is 0 Å². The Morgan fingerprint density at radius 1 is 0.615 bits per heavy atom. The molecule has 0 amide bonds. The van der Waals surface area contributed by atoms with E-state index >= 15 is 0 Å². The van der Waals surface area contributed by atoms with Gasteiger partial charge in [0.25, 0.3) is 0 Å². The van der Waals surface area contributed by atoms with E-state index in [4.69, 9.17) is 0 Å². The van der Waals surface area contributed by atoms with E-state index in [1.165, 1.54) is 83.7 Å². The normalized spacial score (nSPS) is 11.9. The van der Waals surface area contributed by atoms with Gasteiger partial charge in [-0.3, -0.25) is 0 Å². The van der Waals surface area contributed by atoms with Crippen LogP contribution in [0, 0.1) is 0 Å². The van der Waals surface area contributed by atoms with Gasteiger partial charge in [-0.15, -0.1) is 0 Å². The summed E-state index contributed by atoms with van der Waals surface area (Å²) in [7, 11) is 0. The molecular weight excluding hydrogens is 312 g/mol. The van der Waals surface area contributed by atoms with Crippen molar-refractivity contribution >= 4 is 32.3 Å². The number of aryl methyl sites for hydroxylation is 2. The van der Waals surface area contributed by atoms with Crippen molar-refractivity contribution in [3.63, 3.8) is 0 Å². The van der Waals surface area contributed by atoms with Gasteiger partial charge in [-0.2, -0.15) is 0 Å². The van der Waals surface area contributed by atoms with Crippen LogP contribution in [0.5, 0.6) is 0 Å². The monoisotopic (exact) mass is 342 g/mol. The number of rotatable bonds is 8. The van der Waals surface area contributed by atoms with Crippen LogP contribution < -0.4 is 0 Å². The highest BCUT2D eigenvalue weighted by atomic mass is 14.2. The third-order valence-corrected chi connectivity index (χ3v) is 5.93. The second-order valence-corrected chi connectivity index (χ2v) is 7.78. The van der Waals surface area contributed by atoms with Gasteiger partial charge in [-0.05, 0) is 69.1 Å². The summed E-state index contributed by atoms with van der Waals surface area (Å²) in [6.45, 7) is 4.59. The average molecular weight is 343 g/mol. The zero-order valence-electron chi connectivity index (χ0n) is 16.3. The lowest BCUT2D eigenvalue weighted by atomic mass is 9.86. The van der Waals surface area contributed by atoms with Gasteiger partial charge in [-0.1, -0.05) is 88.1 Å². The van der Waals surface area contributed by atoms with E-state index in [1.54, 1.807) is 11.1 Å². The Bertz CT molecular complexity index is 993. The smallest absolute Gasteiger partial charge is 0.00238 e. The molecule has 26 heavy (non-hydrogen) atoms. The Labute approximate surface area is 157 Å². The molecule has 0 aliphatic carbocycles. The average Bonchev–Trinajstić information content (AvgIpc) is 2.67. The van der Waals surface area contributed by atoms with Crippen LogP contribution in [0.2, 0.25) is 0 Å². The first kappa shape index (κ1) is 17.3. The Morgan fingerprint density at radius 2 is 1.27 bits per heavy atom. The number of hydrogen-bond donors (Lipinski definition) is 0.